The van der Waals surface area contributed by atoms with E-state index in [9.17, 15) is 9.59 Å². The zero-order chi connectivity index (χ0) is 19.4. The second-order valence-electron chi connectivity index (χ2n) is 5.52. The first kappa shape index (κ1) is 19.4. The molecule has 0 atom stereocenters. The van der Waals surface area contributed by atoms with E-state index in [1.54, 1.807) is 25.1 Å². The highest BCUT2D eigenvalue weighted by molar-refractivity contribution is 6.16. The number of amides is 1. The highest BCUT2D eigenvalue weighted by Gasteiger charge is 2.36. The minimum absolute atomic E-state index is 0.251. The van der Waals surface area contributed by atoms with Gasteiger partial charge in [0, 0.05) is 12.2 Å². The van der Waals surface area contributed by atoms with E-state index in [1.165, 1.54) is 33.3 Å². The largest absolute Gasteiger partial charge is 0.493 e. The lowest BCUT2D eigenvalue weighted by atomic mass is 10.0. The first-order valence-electron chi connectivity index (χ1n) is 8.06. The van der Waals surface area contributed by atoms with Gasteiger partial charge in [0.25, 0.3) is 5.91 Å². The third kappa shape index (κ3) is 3.24. The second-order valence-corrected chi connectivity index (χ2v) is 5.52. The van der Waals surface area contributed by atoms with Crippen molar-refractivity contribution >= 4 is 18.0 Å². The Hall–Kier alpha value is -2.96. The third-order valence-electron chi connectivity index (χ3n) is 4.22. The van der Waals surface area contributed by atoms with E-state index in [4.69, 9.17) is 18.9 Å². The molecule has 0 N–H and O–H groups in total. The highest BCUT2D eigenvalue weighted by atomic mass is 16.5. The van der Waals surface area contributed by atoms with Gasteiger partial charge in [-0.05, 0) is 37.6 Å². The number of esters is 1. The number of ether oxygens (including phenoxy) is 4. The Labute approximate surface area is 152 Å². The van der Waals surface area contributed by atoms with Crippen molar-refractivity contribution in [1.29, 1.82) is 0 Å². The Bertz CT molecular complexity index is 768. The fourth-order valence-electron chi connectivity index (χ4n) is 2.96. The van der Waals surface area contributed by atoms with Gasteiger partial charge in [0.1, 0.15) is 0 Å². The molecule has 26 heavy (non-hydrogen) atoms. The lowest BCUT2D eigenvalue weighted by Crippen LogP contribution is -2.24. The molecule has 1 aromatic rings. The summed E-state index contributed by atoms with van der Waals surface area (Å²) in [5, 5.41) is 0. The molecule has 1 aromatic carbocycles. The lowest BCUT2D eigenvalue weighted by Gasteiger charge is -2.14. The number of allylic oxidation sites excluding steroid dienone is 1. The van der Waals surface area contributed by atoms with Crippen LogP contribution in [0.4, 0.5) is 0 Å². The standard InChI is InChI=1S/C19H23NO6/c1-7-20-11(2)16(19(22)26-6)13(18(20)21)8-12-9-14(23-3)17(25-5)15(10-12)24-4/h8-10H,7H2,1-6H3/b13-8-. The Morgan fingerprint density at radius 1 is 1.08 bits per heavy atom. The summed E-state index contributed by atoms with van der Waals surface area (Å²) in [4.78, 5) is 26.5. The number of likely N-dealkylation sites (N-methyl/N-ethyl adjacent to an activating group) is 1. The van der Waals surface area contributed by atoms with Crippen LogP contribution in [0.1, 0.15) is 19.4 Å². The van der Waals surface area contributed by atoms with Crippen LogP contribution in [0.25, 0.3) is 6.08 Å². The van der Waals surface area contributed by atoms with Gasteiger partial charge in [0.2, 0.25) is 5.75 Å². The molecule has 0 radical (unpaired) electrons. The Morgan fingerprint density at radius 3 is 2.08 bits per heavy atom. The van der Waals surface area contributed by atoms with Crippen LogP contribution in [-0.4, -0.2) is 51.8 Å². The lowest BCUT2D eigenvalue weighted by molar-refractivity contribution is -0.136. The first-order valence-corrected chi connectivity index (χ1v) is 8.06. The van der Waals surface area contributed by atoms with E-state index < -0.39 is 5.97 Å². The average molecular weight is 361 g/mol. The molecule has 0 saturated carbocycles. The van der Waals surface area contributed by atoms with Gasteiger partial charge in [0.05, 0.1) is 39.6 Å². The molecule has 2 rings (SSSR count). The maximum absolute atomic E-state index is 12.7. The maximum atomic E-state index is 12.7. The number of methoxy groups -OCH3 is 4. The molecule has 140 valence electrons. The van der Waals surface area contributed by atoms with Gasteiger partial charge in [0.15, 0.2) is 11.5 Å². The molecule has 7 heteroatoms. The summed E-state index contributed by atoms with van der Waals surface area (Å²) < 4.78 is 20.8. The van der Waals surface area contributed by atoms with Crippen LogP contribution < -0.4 is 14.2 Å². The highest BCUT2D eigenvalue weighted by Crippen LogP contribution is 2.40. The van der Waals surface area contributed by atoms with Gasteiger partial charge in [-0.25, -0.2) is 4.79 Å². The van der Waals surface area contributed by atoms with Crippen LogP contribution in [0.2, 0.25) is 0 Å². The number of rotatable bonds is 6. The summed E-state index contributed by atoms with van der Waals surface area (Å²) in [5.41, 5.74) is 1.73. The number of benzene rings is 1. The number of carbonyl (C=O) groups excluding carboxylic acids is 2. The second kappa shape index (κ2) is 7.95. The molecule has 0 aliphatic carbocycles. The molecule has 1 aliphatic rings. The molecule has 0 aromatic heterocycles. The number of nitrogens with zero attached hydrogens (tertiary/aromatic N) is 1. The summed E-state index contributed by atoms with van der Waals surface area (Å²) >= 11 is 0. The zero-order valence-corrected chi connectivity index (χ0v) is 15.8. The quantitative estimate of drug-likeness (QED) is 0.572. The van der Waals surface area contributed by atoms with E-state index in [-0.39, 0.29) is 17.1 Å². The van der Waals surface area contributed by atoms with Crippen molar-refractivity contribution in [2.45, 2.75) is 13.8 Å². The maximum Gasteiger partial charge on any atom is 0.340 e. The van der Waals surface area contributed by atoms with Crippen molar-refractivity contribution < 1.29 is 28.5 Å². The van der Waals surface area contributed by atoms with Gasteiger partial charge < -0.3 is 23.8 Å². The van der Waals surface area contributed by atoms with Crippen LogP contribution in [0.5, 0.6) is 17.2 Å². The van der Waals surface area contributed by atoms with Crippen LogP contribution in [0.15, 0.2) is 29.0 Å². The van der Waals surface area contributed by atoms with Crippen LogP contribution >= 0.6 is 0 Å². The molecule has 1 amide bonds. The van der Waals surface area contributed by atoms with E-state index >= 15 is 0 Å². The fraction of sp³-hybridized carbons (Fsp3) is 0.368. The third-order valence-corrected chi connectivity index (χ3v) is 4.22. The Morgan fingerprint density at radius 2 is 1.65 bits per heavy atom. The molecule has 0 spiro atoms. The molecule has 0 unspecified atom stereocenters. The SMILES string of the molecule is CCN1C(=O)/C(=C\c2cc(OC)c(OC)c(OC)c2)C(C(=O)OC)=C1C. The average Bonchev–Trinajstić information content (AvgIpc) is 2.89. The molecular weight excluding hydrogens is 338 g/mol. The Balaban J connectivity index is 2.64. The molecular formula is C19H23NO6. The van der Waals surface area contributed by atoms with Crippen LogP contribution in [0.3, 0.4) is 0 Å². The smallest absolute Gasteiger partial charge is 0.340 e. The van der Waals surface area contributed by atoms with E-state index in [0.29, 0.717) is 35.1 Å². The molecule has 0 bridgehead atoms. The minimum Gasteiger partial charge on any atom is -0.493 e. The van der Waals surface area contributed by atoms with E-state index in [0.717, 1.165) is 0 Å². The van der Waals surface area contributed by atoms with Gasteiger partial charge in [-0.3, -0.25) is 4.79 Å². The van der Waals surface area contributed by atoms with Crippen molar-refractivity contribution in [2.75, 3.05) is 35.0 Å². The van der Waals surface area contributed by atoms with Crippen molar-refractivity contribution in [3.8, 4) is 17.2 Å². The molecule has 7 nitrogen and oxygen atoms in total. The summed E-state index contributed by atoms with van der Waals surface area (Å²) in [6.07, 6.45) is 1.62. The molecule has 1 aliphatic heterocycles. The molecule has 0 fully saturated rings. The van der Waals surface area contributed by atoms with E-state index in [1.807, 2.05) is 6.92 Å². The van der Waals surface area contributed by atoms with Crippen molar-refractivity contribution in [2.24, 2.45) is 0 Å². The molecule has 1 heterocycles. The Kier molecular flexibility index (Phi) is 5.92. The monoisotopic (exact) mass is 361 g/mol. The number of carbonyl (C=O) groups is 2. The van der Waals surface area contributed by atoms with Crippen LogP contribution in [-0.2, 0) is 14.3 Å². The number of hydrogen-bond acceptors (Lipinski definition) is 6. The topological polar surface area (TPSA) is 74.3 Å². The van der Waals surface area contributed by atoms with Crippen molar-refractivity contribution in [1.82, 2.24) is 4.90 Å². The minimum atomic E-state index is -0.550. The molecule has 0 saturated heterocycles. The van der Waals surface area contributed by atoms with E-state index in [2.05, 4.69) is 0 Å². The summed E-state index contributed by atoms with van der Waals surface area (Å²) in [5.74, 6) is 0.559. The van der Waals surface area contributed by atoms with Gasteiger partial charge >= 0.3 is 5.97 Å². The van der Waals surface area contributed by atoms with Gasteiger partial charge in [-0.2, -0.15) is 0 Å². The summed E-state index contributed by atoms with van der Waals surface area (Å²) in [6, 6.07) is 3.42. The fourth-order valence-corrected chi connectivity index (χ4v) is 2.96. The van der Waals surface area contributed by atoms with Crippen molar-refractivity contribution in [3.63, 3.8) is 0 Å². The first-order chi connectivity index (χ1) is 12.4. The summed E-state index contributed by atoms with van der Waals surface area (Å²) in [6.45, 7) is 4.03. The normalized spacial score (nSPS) is 15.5. The van der Waals surface area contributed by atoms with Crippen LogP contribution in [0, 0.1) is 0 Å². The van der Waals surface area contributed by atoms with Crippen molar-refractivity contribution in [3.05, 3.63) is 34.5 Å². The predicted molar refractivity (Wildman–Crippen MR) is 96.2 cm³/mol. The van der Waals surface area contributed by atoms with Gasteiger partial charge in [-0.15, -0.1) is 0 Å². The number of hydrogen-bond donors (Lipinski definition) is 0. The zero-order valence-electron chi connectivity index (χ0n) is 15.8. The van der Waals surface area contributed by atoms with Gasteiger partial charge in [-0.1, -0.05) is 0 Å². The summed E-state index contributed by atoms with van der Waals surface area (Å²) in [7, 11) is 5.83. The predicted octanol–water partition coefficient (Wildman–Crippen LogP) is 2.40.